The fourth-order valence-electron chi connectivity index (χ4n) is 3.10. The molecule has 2 heterocycles. The van der Waals surface area contributed by atoms with Crippen LogP contribution in [0.15, 0.2) is 23.1 Å². The number of ether oxygens (including phenoxy) is 2. The van der Waals surface area contributed by atoms with Crippen LogP contribution >= 0.6 is 0 Å². The molecule has 2 aliphatic rings. The van der Waals surface area contributed by atoms with E-state index >= 15 is 0 Å². The van der Waals surface area contributed by atoms with Crippen LogP contribution in [0, 0.1) is 5.92 Å². The number of hydrogen-bond donors (Lipinski definition) is 1. The maximum atomic E-state index is 12.4. The molecule has 1 aromatic carbocycles. The van der Waals surface area contributed by atoms with Crippen molar-refractivity contribution in [2.75, 3.05) is 39.4 Å². The standard InChI is InChI=1S/C16H21F3N2O4S/c17-16(18,19)11-21-5-3-12(4-6-21)10-20-26(22,23)13-1-2-14-15(9-13)25-8-7-24-14/h1-2,9,12,20H,3-8,10-11H2. The molecular formula is C16H21F3N2O4S. The van der Waals surface area contributed by atoms with Crippen molar-refractivity contribution in [1.29, 1.82) is 0 Å². The van der Waals surface area contributed by atoms with E-state index in [9.17, 15) is 21.6 Å². The third-order valence-electron chi connectivity index (χ3n) is 4.50. The van der Waals surface area contributed by atoms with Crippen molar-refractivity contribution in [3.63, 3.8) is 0 Å². The second kappa shape index (κ2) is 7.61. The van der Waals surface area contributed by atoms with Gasteiger partial charge in [-0.3, -0.25) is 4.90 Å². The predicted octanol–water partition coefficient (Wildman–Crippen LogP) is 2.01. The van der Waals surface area contributed by atoms with Crippen molar-refractivity contribution in [2.24, 2.45) is 5.92 Å². The summed E-state index contributed by atoms with van der Waals surface area (Å²) in [6.07, 6.45) is -3.15. The van der Waals surface area contributed by atoms with Crippen LogP contribution in [0.1, 0.15) is 12.8 Å². The molecule has 6 nitrogen and oxygen atoms in total. The molecule has 0 radical (unpaired) electrons. The van der Waals surface area contributed by atoms with Gasteiger partial charge in [0.05, 0.1) is 11.4 Å². The quantitative estimate of drug-likeness (QED) is 0.828. The lowest BCUT2D eigenvalue weighted by Gasteiger charge is -2.32. The molecule has 1 aromatic rings. The summed E-state index contributed by atoms with van der Waals surface area (Å²) in [5.74, 6) is 0.915. The summed E-state index contributed by atoms with van der Waals surface area (Å²) in [6, 6.07) is 4.42. The van der Waals surface area contributed by atoms with Crippen molar-refractivity contribution >= 4 is 10.0 Å². The molecule has 0 spiro atoms. The van der Waals surface area contributed by atoms with Crippen LogP contribution in [0.2, 0.25) is 0 Å². The van der Waals surface area contributed by atoms with Crippen molar-refractivity contribution in [3.05, 3.63) is 18.2 Å². The number of sulfonamides is 1. The first kappa shape index (κ1) is 19.2. The Balaban J connectivity index is 1.53. The summed E-state index contributed by atoms with van der Waals surface area (Å²) >= 11 is 0. The third-order valence-corrected chi connectivity index (χ3v) is 5.92. The molecule has 0 saturated carbocycles. The zero-order valence-electron chi connectivity index (χ0n) is 14.1. The second-order valence-electron chi connectivity index (χ2n) is 6.49. The number of rotatable bonds is 5. The Labute approximate surface area is 150 Å². The van der Waals surface area contributed by atoms with Crippen molar-refractivity contribution in [3.8, 4) is 11.5 Å². The molecule has 3 rings (SSSR count). The molecule has 1 N–H and O–H groups in total. The van der Waals surface area contributed by atoms with Gasteiger partial charge in [0.15, 0.2) is 11.5 Å². The van der Waals surface area contributed by atoms with Crippen LogP contribution in [-0.2, 0) is 10.0 Å². The Bertz CT molecular complexity index is 732. The highest BCUT2D eigenvalue weighted by Crippen LogP contribution is 2.32. The van der Waals surface area contributed by atoms with Crippen molar-refractivity contribution in [2.45, 2.75) is 23.9 Å². The molecule has 0 unspecified atom stereocenters. The van der Waals surface area contributed by atoms with E-state index in [1.807, 2.05) is 0 Å². The van der Waals surface area contributed by atoms with Gasteiger partial charge in [0.2, 0.25) is 10.0 Å². The van der Waals surface area contributed by atoms with E-state index in [4.69, 9.17) is 9.47 Å². The number of piperidine rings is 1. The fraction of sp³-hybridized carbons (Fsp3) is 0.625. The van der Waals surface area contributed by atoms with E-state index in [-0.39, 0.29) is 17.4 Å². The summed E-state index contributed by atoms with van der Waals surface area (Å²) in [5, 5.41) is 0. The molecule has 10 heteroatoms. The lowest BCUT2D eigenvalue weighted by Crippen LogP contribution is -2.42. The molecule has 1 saturated heterocycles. The molecule has 146 valence electrons. The van der Waals surface area contributed by atoms with Gasteiger partial charge < -0.3 is 9.47 Å². The Morgan fingerprint density at radius 2 is 1.77 bits per heavy atom. The second-order valence-corrected chi connectivity index (χ2v) is 8.26. The van der Waals surface area contributed by atoms with Gasteiger partial charge in [0, 0.05) is 12.6 Å². The number of halogens is 3. The molecule has 0 bridgehead atoms. The molecule has 1 fully saturated rings. The minimum Gasteiger partial charge on any atom is -0.486 e. The average Bonchev–Trinajstić information content (AvgIpc) is 2.59. The number of hydrogen-bond acceptors (Lipinski definition) is 5. The van der Waals surface area contributed by atoms with Gasteiger partial charge in [-0.25, -0.2) is 13.1 Å². The SMILES string of the molecule is O=S(=O)(NCC1CCN(CC(F)(F)F)CC1)c1ccc2c(c1)OCCO2. The van der Waals surface area contributed by atoms with E-state index in [0.717, 1.165) is 0 Å². The predicted molar refractivity (Wildman–Crippen MR) is 87.8 cm³/mol. The normalized spacial score (nSPS) is 19.5. The van der Waals surface area contributed by atoms with Gasteiger partial charge in [-0.05, 0) is 44.0 Å². The highest BCUT2D eigenvalue weighted by Gasteiger charge is 2.32. The van der Waals surface area contributed by atoms with Crippen molar-refractivity contribution in [1.82, 2.24) is 9.62 Å². The van der Waals surface area contributed by atoms with Gasteiger partial charge in [-0.15, -0.1) is 0 Å². The molecule has 0 amide bonds. The first-order valence-electron chi connectivity index (χ1n) is 8.41. The van der Waals surface area contributed by atoms with Gasteiger partial charge in [0.25, 0.3) is 0 Å². The first-order valence-corrected chi connectivity index (χ1v) is 9.90. The fourth-order valence-corrected chi connectivity index (χ4v) is 4.24. The first-order chi connectivity index (χ1) is 12.2. The van der Waals surface area contributed by atoms with Crippen LogP contribution in [0.4, 0.5) is 13.2 Å². The Hall–Kier alpha value is -1.52. The smallest absolute Gasteiger partial charge is 0.401 e. The number of benzene rings is 1. The number of alkyl halides is 3. The number of nitrogens with one attached hydrogen (secondary N) is 1. The lowest BCUT2D eigenvalue weighted by atomic mass is 9.97. The van der Waals surface area contributed by atoms with E-state index in [2.05, 4.69) is 4.72 Å². The van der Waals surface area contributed by atoms with E-state index in [1.54, 1.807) is 6.07 Å². The zero-order valence-corrected chi connectivity index (χ0v) is 14.9. The minimum atomic E-state index is -4.20. The number of fused-ring (bicyclic) bond motifs is 1. The Morgan fingerprint density at radius 3 is 2.42 bits per heavy atom. The van der Waals surface area contributed by atoms with Crippen LogP contribution in [0.5, 0.6) is 11.5 Å². The van der Waals surface area contributed by atoms with Gasteiger partial charge in [-0.2, -0.15) is 13.2 Å². The van der Waals surface area contributed by atoms with Crippen LogP contribution in [0.25, 0.3) is 0 Å². The summed E-state index contributed by atoms with van der Waals surface area (Å²) < 4.78 is 75.4. The highest BCUT2D eigenvalue weighted by molar-refractivity contribution is 7.89. The summed E-state index contributed by atoms with van der Waals surface area (Å²) in [4.78, 5) is 1.43. The number of likely N-dealkylation sites (tertiary alicyclic amines) is 1. The molecule has 26 heavy (non-hydrogen) atoms. The van der Waals surface area contributed by atoms with Crippen LogP contribution in [-0.4, -0.2) is 58.9 Å². The van der Waals surface area contributed by atoms with Gasteiger partial charge >= 0.3 is 6.18 Å². The van der Waals surface area contributed by atoms with Crippen LogP contribution < -0.4 is 14.2 Å². The molecule has 0 atom stereocenters. The molecule has 0 aliphatic carbocycles. The molecular weight excluding hydrogens is 373 g/mol. The minimum absolute atomic E-state index is 0.0199. The summed E-state index contributed by atoms with van der Waals surface area (Å²) in [7, 11) is -3.71. The largest absolute Gasteiger partial charge is 0.486 e. The summed E-state index contributed by atoms with van der Waals surface area (Å²) in [5.41, 5.74) is 0. The molecule has 2 aliphatic heterocycles. The average molecular weight is 394 g/mol. The van der Waals surface area contributed by atoms with E-state index < -0.39 is 22.7 Å². The third kappa shape index (κ3) is 5.01. The van der Waals surface area contributed by atoms with E-state index in [1.165, 1.54) is 17.0 Å². The van der Waals surface area contributed by atoms with Gasteiger partial charge in [-0.1, -0.05) is 0 Å². The summed E-state index contributed by atoms with van der Waals surface area (Å²) in [6.45, 7) is 0.704. The maximum Gasteiger partial charge on any atom is 0.401 e. The monoisotopic (exact) mass is 394 g/mol. The zero-order chi connectivity index (χ0) is 18.8. The molecule has 0 aromatic heterocycles. The highest BCUT2D eigenvalue weighted by atomic mass is 32.2. The van der Waals surface area contributed by atoms with Crippen molar-refractivity contribution < 1.29 is 31.1 Å². The Kier molecular flexibility index (Phi) is 5.64. The maximum absolute atomic E-state index is 12.4. The Morgan fingerprint density at radius 1 is 1.12 bits per heavy atom. The topological polar surface area (TPSA) is 67.9 Å². The van der Waals surface area contributed by atoms with Gasteiger partial charge in [0.1, 0.15) is 13.2 Å². The number of nitrogens with zero attached hydrogens (tertiary/aromatic N) is 1. The van der Waals surface area contributed by atoms with Crippen LogP contribution in [0.3, 0.4) is 0 Å². The lowest BCUT2D eigenvalue weighted by molar-refractivity contribution is -0.148. The van der Waals surface area contributed by atoms with E-state index in [0.29, 0.717) is 50.6 Å².